The van der Waals surface area contributed by atoms with Crippen molar-refractivity contribution >= 4 is 19.8 Å². The summed E-state index contributed by atoms with van der Waals surface area (Å²) in [6, 6.07) is 0. The number of quaternary nitrogens is 1. The van der Waals surface area contributed by atoms with E-state index in [-0.39, 0.29) is 25.6 Å². The molecule has 2 atom stereocenters. The molecule has 0 aromatic rings. The fraction of sp³-hybridized carbons (Fsp3) is 0.829. The van der Waals surface area contributed by atoms with Crippen molar-refractivity contribution in [1.82, 2.24) is 0 Å². The van der Waals surface area contributed by atoms with E-state index in [0.29, 0.717) is 23.9 Å². The second-order valence-corrected chi connectivity index (χ2v) is 29.5. The highest BCUT2D eigenvalue weighted by atomic mass is 31.2. The van der Waals surface area contributed by atoms with Crippen molar-refractivity contribution in [2.75, 3.05) is 47.5 Å². The summed E-state index contributed by atoms with van der Waals surface area (Å²) in [4.78, 5) is 36.0. The minimum absolute atomic E-state index is 0.0333. The highest BCUT2D eigenvalue weighted by Gasteiger charge is 2.27. The van der Waals surface area contributed by atoms with Gasteiger partial charge in [0, 0.05) is 12.8 Å². The number of esters is 2. The maximum Gasteiger partial charge on any atom is 0.472 e. The molecule has 0 amide bonds. The zero-order chi connectivity index (χ0) is 66.9. The molecule has 0 bridgehead atoms. The molecule has 0 heterocycles. The minimum Gasteiger partial charge on any atom is -0.462 e. The van der Waals surface area contributed by atoms with Gasteiger partial charge in [-0.2, -0.15) is 0 Å². The Balaban J connectivity index is 3.92. The summed E-state index contributed by atoms with van der Waals surface area (Å²) in [6.45, 7) is 4.38. The summed E-state index contributed by atoms with van der Waals surface area (Å²) in [5.41, 5.74) is 0. The molecule has 0 saturated heterocycles. The van der Waals surface area contributed by atoms with Crippen LogP contribution >= 0.6 is 7.82 Å². The van der Waals surface area contributed by atoms with Crippen LogP contribution in [0.2, 0.25) is 0 Å². The van der Waals surface area contributed by atoms with Crippen molar-refractivity contribution in [3.05, 3.63) is 72.9 Å². The lowest BCUT2D eigenvalue weighted by Crippen LogP contribution is -2.37. The van der Waals surface area contributed by atoms with Crippen molar-refractivity contribution in [3.63, 3.8) is 0 Å². The van der Waals surface area contributed by atoms with Gasteiger partial charge < -0.3 is 18.9 Å². The second-order valence-electron chi connectivity index (χ2n) is 28.1. The van der Waals surface area contributed by atoms with Gasteiger partial charge in [0.2, 0.25) is 0 Å². The van der Waals surface area contributed by atoms with E-state index in [0.717, 1.165) is 64.2 Å². The van der Waals surface area contributed by atoms with E-state index in [9.17, 15) is 19.0 Å². The van der Waals surface area contributed by atoms with Crippen LogP contribution in [-0.2, 0) is 32.7 Å². The van der Waals surface area contributed by atoms with E-state index in [2.05, 4.69) is 86.8 Å². The van der Waals surface area contributed by atoms with Gasteiger partial charge in [-0.15, -0.1) is 0 Å². The second kappa shape index (κ2) is 72.7. The molecule has 0 saturated carbocycles. The summed E-state index contributed by atoms with van der Waals surface area (Å²) in [7, 11) is 1.50. The molecule has 0 aliphatic heterocycles. The zero-order valence-corrected chi connectivity index (χ0v) is 62.4. The van der Waals surface area contributed by atoms with E-state index in [4.69, 9.17) is 18.5 Å². The third kappa shape index (κ3) is 76.5. The third-order valence-corrected chi connectivity index (χ3v) is 18.7. The van der Waals surface area contributed by atoms with Crippen LogP contribution in [0.3, 0.4) is 0 Å². The molecule has 2 unspecified atom stereocenters. The van der Waals surface area contributed by atoms with Gasteiger partial charge in [-0.3, -0.25) is 18.6 Å². The first-order valence-corrected chi connectivity index (χ1v) is 41.2. The average Bonchev–Trinajstić information content (AvgIpc) is 2.23. The fourth-order valence-electron chi connectivity index (χ4n) is 11.7. The summed E-state index contributed by atoms with van der Waals surface area (Å²) >= 11 is 0. The number of carbonyl (C=O) groups is 2. The smallest absolute Gasteiger partial charge is 0.462 e. The number of likely N-dealkylation sites (N-methyl/N-ethyl adjacent to an activating group) is 1. The molecule has 1 N–H and O–H groups in total. The van der Waals surface area contributed by atoms with Crippen LogP contribution in [-0.4, -0.2) is 74.9 Å². The van der Waals surface area contributed by atoms with E-state index in [1.165, 1.54) is 289 Å². The number of hydrogen-bond donors (Lipinski definition) is 1. The van der Waals surface area contributed by atoms with Gasteiger partial charge in [0.25, 0.3) is 0 Å². The Morgan fingerprint density at radius 1 is 0.348 bits per heavy atom. The molecule has 10 heteroatoms. The Hall–Kier alpha value is -2.55. The van der Waals surface area contributed by atoms with Crippen LogP contribution in [0, 0.1) is 0 Å². The molecule has 0 rings (SSSR count). The normalized spacial score (nSPS) is 13.4. The topological polar surface area (TPSA) is 108 Å². The molecule has 0 aromatic heterocycles. The molecular weight excluding hydrogens is 1160 g/mol. The number of carbonyl (C=O) groups excluding carboxylic acids is 2. The first kappa shape index (κ1) is 89.5. The first-order valence-electron chi connectivity index (χ1n) is 39.7. The van der Waals surface area contributed by atoms with Crippen LogP contribution in [0.1, 0.15) is 386 Å². The van der Waals surface area contributed by atoms with Gasteiger partial charge in [0.1, 0.15) is 19.8 Å². The number of phosphoric ester groups is 1. The molecule has 92 heavy (non-hydrogen) atoms. The highest BCUT2D eigenvalue weighted by molar-refractivity contribution is 7.47. The molecule has 0 aromatic carbocycles. The molecule has 0 aliphatic rings. The summed E-state index contributed by atoms with van der Waals surface area (Å²) < 4.78 is 34.8. The van der Waals surface area contributed by atoms with Crippen molar-refractivity contribution in [3.8, 4) is 0 Å². The van der Waals surface area contributed by atoms with Gasteiger partial charge in [0.15, 0.2) is 6.10 Å². The summed E-state index contributed by atoms with van der Waals surface area (Å²) in [6.07, 6.45) is 99.1. The number of hydrogen-bond acceptors (Lipinski definition) is 7. The van der Waals surface area contributed by atoms with E-state index < -0.39 is 26.5 Å². The number of nitrogens with zero attached hydrogens (tertiary/aromatic N) is 1. The SMILES string of the molecule is CC/C=C\C/C=C\C/C=C\C/C=C\CCCCCCCCCCCCCCCCCCCCCCC(=O)OC(COC(=O)CCCCCCCCCCCCCCCCCCCCCCCCC/C=C\C/C=C\CCCCCCC)COP(=O)(O)OCC[N+](C)(C)C. The average molecular weight is 1310 g/mol. The van der Waals surface area contributed by atoms with Gasteiger partial charge >= 0.3 is 19.8 Å². The van der Waals surface area contributed by atoms with Crippen LogP contribution in [0.5, 0.6) is 0 Å². The Kier molecular flexibility index (Phi) is 70.7. The minimum atomic E-state index is -4.39. The quantitative estimate of drug-likeness (QED) is 0.0211. The Morgan fingerprint density at radius 2 is 0.620 bits per heavy atom. The number of phosphoric acid groups is 1. The predicted octanol–water partition coefficient (Wildman–Crippen LogP) is 26.3. The molecule has 0 radical (unpaired) electrons. The van der Waals surface area contributed by atoms with Crippen molar-refractivity contribution in [2.45, 2.75) is 392 Å². The van der Waals surface area contributed by atoms with E-state index in [1.807, 2.05) is 21.1 Å². The van der Waals surface area contributed by atoms with Crippen molar-refractivity contribution < 1.29 is 42.1 Å². The fourth-order valence-corrected chi connectivity index (χ4v) is 12.4. The summed E-state index contributed by atoms with van der Waals surface area (Å²) in [5, 5.41) is 0. The molecule has 0 aliphatic carbocycles. The van der Waals surface area contributed by atoms with E-state index >= 15 is 0 Å². The molecular formula is C82H153NO8P+. The lowest BCUT2D eigenvalue weighted by Gasteiger charge is -2.24. The molecule has 0 fully saturated rings. The Labute approximate surface area is 571 Å². The lowest BCUT2D eigenvalue weighted by atomic mass is 10.0. The number of allylic oxidation sites excluding steroid dienone is 12. The van der Waals surface area contributed by atoms with Crippen LogP contribution in [0.25, 0.3) is 0 Å². The van der Waals surface area contributed by atoms with Crippen LogP contribution in [0.15, 0.2) is 72.9 Å². The first-order chi connectivity index (χ1) is 45.0. The highest BCUT2D eigenvalue weighted by Crippen LogP contribution is 2.43. The van der Waals surface area contributed by atoms with Crippen LogP contribution in [0.4, 0.5) is 0 Å². The number of unbranched alkanes of at least 4 members (excludes halogenated alkanes) is 48. The lowest BCUT2D eigenvalue weighted by molar-refractivity contribution is -0.870. The van der Waals surface area contributed by atoms with Crippen molar-refractivity contribution in [2.24, 2.45) is 0 Å². The Morgan fingerprint density at radius 3 is 0.924 bits per heavy atom. The Bertz CT molecular complexity index is 1780. The maximum absolute atomic E-state index is 12.9. The van der Waals surface area contributed by atoms with Crippen LogP contribution < -0.4 is 0 Å². The summed E-state index contributed by atoms with van der Waals surface area (Å²) in [5.74, 6) is -0.776. The molecule has 538 valence electrons. The number of rotatable bonds is 74. The zero-order valence-electron chi connectivity index (χ0n) is 61.5. The predicted molar refractivity (Wildman–Crippen MR) is 399 cm³/mol. The molecule has 0 spiro atoms. The van der Waals surface area contributed by atoms with Gasteiger partial charge in [-0.05, 0) is 83.5 Å². The van der Waals surface area contributed by atoms with Gasteiger partial charge in [0.05, 0.1) is 27.7 Å². The third-order valence-electron chi connectivity index (χ3n) is 17.7. The monoisotopic (exact) mass is 1310 g/mol. The number of ether oxygens (including phenoxy) is 2. The maximum atomic E-state index is 12.9. The van der Waals surface area contributed by atoms with Gasteiger partial charge in [-0.25, -0.2) is 4.57 Å². The van der Waals surface area contributed by atoms with Gasteiger partial charge in [-0.1, -0.05) is 363 Å². The largest absolute Gasteiger partial charge is 0.472 e. The van der Waals surface area contributed by atoms with E-state index in [1.54, 1.807) is 0 Å². The molecule has 9 nitrogen and oxygen atoms in total. The standard InChI is InChI=1S/C82H152NO8P/c1-6-8-10-12-14-16-18-20-22-24-26-28-30-32-34-36-38-40-41-43-44-46-48-50-52-54-56-58-60-62-64-66-68-70-72-74-81(84)88-78-80(79-90-92(86,87)89-77-76-83(3,4)5)91-82(85)75-73-71-69-67-65-63-61-59-57-55-53-51-49-47-45-42-39-37-35-33-31-29-27-25-23-21-19-17-15-13-11-9-7-2/h9,11,15,17-18,20-21,23-24,26-27,29,80H,6-8,10,12-14,16,19,22,25,28,30-79H2,1-5H3/p+1/b11-9-,17-15-,20-18-,23-21-,26-24-,29-27-. The van der Waals surface area contributed by atoms with Crippen molar-refractivity contribution in [1.29, 1.82) is 0 Å².